The van der Waals surface area contributed by atoms with E-state index in [1.807, 2.05) is 36.0 Å². The van der Waals surface area contributed by atoms with Gasteiger partial charge in [-0.2, -0.15) is 11.8 Å². The Balaban J connectivity index is 1.85. The summed E-state index contributed by atoms with van der Waals surface area (Å²) < 4.78 is 5.70. The maximum absolute atomic E-state index is 11.9. The SMILES string of the molecule is CN=C(NCc1ccc(C(=O)N(C)C)cc1)NCC1(SC)CCOCC1. The maximum atomic E-state index is 11.9. The number of rotatable bonds is 6. The fourth-order valence-electron chi connectivity index (χ4n) is 2.87. The molecule has 1 amide bonds. The van der Waals surface area contributed by atoms with Crippen LogP contribution in [0.15, 0.2) is 29.3 Å². The number of carbonyl (C=O) groups excluding carboxylic acids is 1. The lowest BCUT2D eigenvalue weighted by Crippen LogP contribution is -2.47. The summed E-state index contributed by atoms with van der Waals surface area (Å²) in [5, 5.41) is 6.79. The van der Waals surface area contributed by atoms with E-state index >= 15 is 0 Å². The van der Waals surface area contributed by atoms with Gasteiger partial charge in [0, 0.05) is 57.8 Å². The Morgan fingerprint density at radius 1 is 1.23 bits per heavy atom. The number of hydrogen-bond acceptors (Lipinski definition) is 4. The van der Waals surface area contributed by atoms with Crippen molar-refractivity contribution >= 4 is 23.6 Å². The summed E-state index contributed by atoms with van der Waals surface area (Å²) in [6.45, 7) is 3.18. The van der Waals surface area contributed by atoms with Gasteiger partial charge in [-0.05, 0) is 36.8 Å². The zero-order valence-corrected chi connectivity index (χ0v) is 17.0. The van der Waals surface area contributed by atoms with Crippen LogP contribution in [-0.2, 0) is 11.3 Å². The molecule has 1 aliphatic rings. The quantitative estimate of drug-likeness (QED) is 0.585. The van der Waals surface area contributed by atoms with Gasteiger partial charge in [0.2, 0.25) is 0 Å². The Bertz CT molecular complexity index is 610. The van der Waals surface area contributed by atoms with Gasteiger partial charge in [0.05, 0.1) is 0 Å². The number of guanidine groups is 1. The van der Waals surface area contributed by atoms with Gasteiger partial charge in [-0.1, -0.05) is 12.1 Å². The molecule has 0 spiro atoms. The smallest absolute Gasteiger partial charge is 0.253 e. The number of thioether (sulfide) groups is 1. The Hall–Kier alpha value is -1.73. The van der Waals surface area contributed by atoms with Crippen LogP contribution in [0.5, 0.6) is 0 Å². The fraction of sp³-hybridized carbons (Fsp3) is 0.579. The second-order valence-corrected chi connectivity index (χ2v) is 7.95. The highest BCUT2D eigenvalue weighted by Gasteiger charge is 2.31. The van der Waals surface area contributed by atoms with Crippen molar-refractivity contribution in [2.75, 3.05) is 47.2 Å². The predicted molar refractivity (Wildman–Crippen MR) is 109 cm³/mol. The Labute approximate surface area is 160 Å². The second-order valence-electron chi connectivity index (χ2n) is 6.68. The van der Waals surface area contributed by atoms with Gasteiger partial charge in [-0.3, -0.25) is 9.79 Å². The fourth-order valence-corrected chi connectivity index (χ4v) is 3.66. The van der Waals surface area contributed by atoms with Crippen LogP contribution in [0.1, 0.15) is 28.8 Å². The van der Waals surface area contributed by atoms with E-state index in [4.69, 9.17) is 4.74 Å². The lowest BCUT2D eigenvalue weighted by Gasteiger charge is -2.36. The molecule has 144 valence electrons. The van der Waals surface area contributed by atoms with Gasteiger partial charge in [-0.25, -0.2) is 0 Å². The second kappa shape index (κ2) is 9.83. The Morgan fingerprint density at radius 3 is 2.42 bits per heavy atom. The molecule has 0 unspecified atom stereocenters. The number of hydrogen-bond donors (Lipinski definition) is 2. The van der Waals surface area contributed by atoms with Gasteiger partial charge in [0.1, 0.15) is 0 Å². The molecule has 2 N–H and O–H groups in total. The lowest BCUT2D eigenvalue weighted by molar-refractivity contribution is 0.0782. The minimum atomic E-state index is 0.0146. The molecular weight excluding hydrogens is 348 g/mol. The topological polar surface area (TPSA) is 66.0 Å². The third-order valence-corrected chi connectivity index (χ3v) is 6.12. The van der Waals surface area contributed by atoms with Crippen molar-refractivity contribution in [2.45, 2.75) is 24.1 Å². The summed E-state index contributed by atoms with van der Waals surface area (Å²) >= 11 is 1.91. The van der Waals surface area contributed by atoms with Crippen LogP contribution in [0, 0.1) is 0 Å². The van der Waals surface area contributed by atoms with Crippen molar-refractivity contribution in [2.24, 2.45) is 4.99 Å². The molecule has 0 radical (unpaired) electrons. The van der Waals surface area contributed by atoms with Crippen LogP contribution >= 0.6 is 11.8 Å². The molecule has 1 fully saturated rings. The Kier molecular flexibility index (Phi) is 7.78. The molecular formula is C19H30N4O2S. The number of aliphatic imine (C=N–C) groups is 1. The zero-order valence-electron chi connectivity index (χ0n) is 16.2. The predicted octanol–water partition coefficient (Wildman–Crippen LogP) is 1.97. The van der Waals surface area contributed by atoms with Crippen LogP contribution in [0.2, 0.25) is 0 Å². The third kappa shape index (κ3) is 5.64. The van der Waals surface area contributed by atoms with Gasteiger partial charge < -0.3 is 20.3 Å². The first kappa shape index (κ1) is 20.6. The number of carbonyl (C=O) groups is 1. The molecule has 7 heteroatoms. The van der Waals surface area contributed by atoms with Gasteiger partial charge in [0.15, 0.2) is 5.96 Å². The highest BCUT2D eigenvalue weighted by atomic mass is 32.2. The van der Waals surface area contributed by atoms with Crippen LogP contribution in [0.25, 0.3) is 0 Å². The van der Waals surface area contributed by atoms with Gasteiger partial charge >= 0.3 is 0 Å². The number of ether oxygens (including phenoxy) is 1. The summed E-state index contributed by atoms with van der Waals surface area (Å²) in [6.07, 6.45) is 4.28. The first-order valence-electron chi connectivity index (χ1n) is 8.88. The minimum absolute atomic E-state index is 0.0146. The number of amides is 1. The van der Waals surface area contributed by atoms with Crippen molar-refractivity contribution in [3.8, 4) is 0 Å². The summed E-state index contributed by atoms with van der Waals surface area (Å²) in [4.78, 5) is 17.8. The molecule has 1 heterocycles. The molecule has 1 saturated heterocycles. The van der Waals surface area contributed by atoms with E-state index in [9.17, 15) is 4.79 Å². The van der Waals surface area contributed by atoms with E-state index in [1.54, 1.807) is 26.0 Å². The van der Waals surface area contributed by atoms with Crippen molar-refractivity contribution in [1.29, 1.82) is 0 Å². The van der Waals surface area contributed by atoms with Crippen molar-refractivity contribution in [1.82, 2.24) is 15.5 Å². The van der Waals surface area contributed by atoms with Crippen LogP contribution in [0.3, 0.4) is 0 Å². The van der Waals surface area contributed by atoms with E-state index in [1.165, 1.54) is 0 Å². The number of nitrogens with one attached hydrogen (secondary N) is 2. The van der Waals surface area contributed by atoms with Crippen LogP contribution in [0.4, 0.5) is 0 Å². The monoisotopic (exact) mass is 378 g/mol. The van der Waals surface area contributed by atoms with Gasteiger partial charge in [0.25, 0.3) is 5.91 Å². The standard InChI is InChI=1S/C19H30N4O2S/c1-20-18(22-14-19(26-4)9-11-25-12-10-19)21-13-15-5-7-16(8-6-15)17(24)23(2)3/h5-8H,9-14H2,1-4H3,(H2,20,21,22). The molecule has 1 aromatic rings. The highest BCUT2D eigenvalue weighted by molar-refractivity contribution is 8.00. The van der Waals surface area contributed by atoms with Crippen molar-refractivity contribution in [3.63, 3.8) is 0 Å². The van der Waals surface area contributed by atoms with Crippen molar-refractivity contribution < 1.29 is 9.53 Å². The molecule has 1 aliphatic heterocycles. The van der Waals surface area contributed by atoms with E-state index in [0.29, 0.717) is 12.1 Å². The summed E-state index contributed by atoms with van der Waals surface area (Å²) in [7, 11) is 5.30. The van der Waals surface area contributed by atoms with Crippen LogP contribution < -0.4 is 10.6 Å². The molecule has 6 nitrogen and oxygen atoms in total. The third-order valence-electron chi connectivity index (χ3n) is 4.71. The normalized spacial score (nSPS) is 16.8. The molecule has 26 heavy (non-hydrogen) atoms. The van der Waals surface area contributed by atoms with E-state index < -0.39 is 0 Å². The maximum Gasteiger partial charge on any atom is 0.253 e. The number of benzene rings is 1. The average Bonchev–Trinajstić information content (AvgIpc) is 2.68. The molecule has 0 aromatic heterocycles. The summed E-state index contributed by atoms with van der Waals surface area (Å²) in [5.74, 6) is 0.805. The summed E-state index contributed by atoms with van der Waals surface area (Å²) in [5.41, 5.74) is 1.80. The highest BCUT2D eigenvalue weighted by Crippen LogP contribution is 2.32. The Morgan fingerprint density at radius 2 is 1.88 bits per heavy atom. The van der Waals surface area contributed by atoms with E-state index in [-0.39, 0.29) is 10.7 Å². The molecule has 0 aliphatic carbocycles. The molecule has 0 saturated carbocycles. The van der Waals surface area contributed by atoms with Crippen LogP contribution in [-0.4, -0.2) is 68.7 Å². The van der Waals surface area contributed by atoms with E-state index in [2.05, 4.69) is 21.9 Å². The number of nitrogens with zero attached hydrogens (tertiary/aromatic N) is 2. The van der Waals surface area contributed by atoms with Crippen molar-refractivity contribution in [3.05, 3.63) is 35.4 Å². The molecule has 1 aromatic carbocycles. The van der Waals surface area contributed by atoms with E-state index in [0.717, 1.165) is 44.1 Å². The molecule has 0 atom stereocenters. The largest absolute Gasteiger partial charge is 0.381 e. The lowest BCUT2D eigenvalue weighted by atomic mass is 9.99. The summed E-state index contributed by atoms with van der Waals surface area (Å²) in [6, 6.07) is 7.66. The molecule has 0 bridgehead atoms. The minimum Gasteiger partial charge on any atom is -0.381 e. The first-order chi connectivity index (χ1) is 12.5. The zero-order chi connectivity index (χ0) is 19.0. The van der Waals surface area contributed by atoms with Gasteiger partial charge in [-0.15, -0.1) is 0 Å². The molecule has 2 rings (SSSR count). The first-order valence-corrected chi connectivity index (χ1v) is 10.1. The average molecular weight is 379 g/mol.